The van der Waals surface area contributed by atoms with Crippen LogP contribution in [0, 0.1) is 0 Å². The third kappa shape index (κ3) is 3.51. The Hall–Kier alpha value is -1.94. The third-order valence-electron chi connectivity index (χ3n) is 3.07. The molecule has 0 saturated heterocycles. The number of rotatable bonds is 5. The summed E-state index contributed by atoms with van der Waals surface area (Å²) in [5, 5.41) is 9.46. The van der Waals surface area contributed by atoms with Crippen molar-refractivity contribution in [1.29, 1.82) is 0 Å². The smallest absolute Gasteiger partial charge is 0.0931 e. The first kappa shape index (κ1) is 13.5. The molecule has 0 fully saturated rings. The van der Waals surface area contributed by atoms with E-state index in [-0.39, 0.29) is 0 Å². The molecule has 2 heterocycles. The van der Waals surface area contributed by atoms with Gasteiger partial charge in [-0.1, -0.05) is 0 Å². The lowest BCUT2D eigenvalue weighted by molar-refractivity contribution is 0.194. The maximum absolute atomic E-state index is 9.46. The summed E-state index contributed by atoms with van der Waals surface area (Å²) < 4.78 is 0. The molecule has 0 amide bonds. The molecule has 0 aromatic carbocycles. The first-order valence-electron chi connectivity index (χ1n) is 6.48. The Bertz CT molecular complexity index is 497. The van der Waals surface area contributed by atoms with Crippen LogP contribution in [0.1, 0.15) is 31.2 Å². The lowest BCUT2D eigenvalue weighted by Crippen LogP contribution is -2.22. The van der Waals surface area contributed by atoms with Gasteiger partial charge in [-0.3, -0.25) is 9.97 Å². The van der Waals surface area contributed by atoms with Crippen LogP contribution in [0.25, 0.3) is 0 Å². The Morgan fingerprint density at radius 3 is 2.47 bits per heavy atom. The minimum absolute atomic E-state index is 0.524. The molecule has 0 radical (unpaired) electrons. The lowest BCUT2D eigenvalue weighted by Gasteiger charge is -2.23. The Kier molecular flexibility index (Phi) is 4.47. The van der Waals surface area contributed by atoms with Crippen molar-refractivity contribution in [2.24, 2.45) is 0 Å². The van der Waals surface area contributed by atoms with Crippen molar-refractivity contribution in [3.8, 4) is 0 Å². The molecule has 2 aromatic heterocycles. The molecule has 0 aliphatic carbocycles. The number of aromatic nitrogens is 2. The van der Waals surface area contributed by atoms with Crippen molar-refractivity contribution in [3.05, 3.63) is 54.1 Å². The van der Waals surface area contributed by atoms with Crippen molar-refractivity contribution >= 4 is 5.69 Å². The Balaban J connectivity index is 2.13. The fourth-order valence-electron chi connectivity index (χ4n) is 1.93. The van der Waals surface area contributed by atoms with Gasteiger partial charge in [0.15, 0.2) is 0 Å². The van der Waals surface area contributed by atoms with Gasteiger partial charge in [0.25, 0.3) is 0 Å². The summed E-state index contributed by atoms with van der Waals surface area (Å²) >= 11 is 0. The number of hydrogen-bond donors (Lipinski definition) is 1. The zero-order valence-corrected chi connectivity index (χ0v) is 11.3. The van der Waals surface area contributed by atoms with Crippen LogP contribution in [0.5, 0.6) is 0 Å². The fourth-order valence-corrected chi connectivity index (χ4v) is 1.93. The van der Waals surface area contributed by atoms with Crippen LogP contribution in [0.3, 0.4) is 0 Å². The number of aliphatic hydroxyl groups excluding tert-OH is 1. The maximum Gasteiger partial charge on any atom is 0.0931 e. The number of nitrogens with zero attached hydrogens (tertiary/aromatic N) is 3. The average molecular weight is 257 g/mol. The van der Waals surface area contributed by atoms with E-state index in [1.54, 1.807) is 19.3 Å². The van der Waals surface area contributed by atoms with E-state index >= 15 is 0 Å². The van der Waals surface area contributed by atoms with Crippen LogP contribution in [-0.4, -0.2) is 21.6 Å². The van der Waals surface area contributed by atoms with Gasteiger partial charge in [0.2, 0.25) is 0 Å². The molecule has 2 aromatic rings. The minimum Gasteiger partial charge on any atom is -0.387 e. The summed E-state index contributed by atoms with van der Waals surface area (Å²) in [7, 11) is 0. The molecule has 0 saturated carbocycles. The van der Waals surface area contributed by atoms with Crippen molar-refractivity contribution in [2.45, 2.75) is 26.5 Å². The molecule has 19 heavy (non-hydrogen) atoms. The van der Waals surface area contributed by atoms with E-state index in [1.165, 1.54) is 5.56 Å². The van der Waals surface area contributed by atoms with Gasteiger partial charge in [0.1, 0.15) is 0 Å². The number of aliphatic hydroxyl groups is 1. The number of anilines is 1. The summed E-state index contributed by atoms with van der Waals surface area (Å²) in [5.41, 5.74) is 2.98. The molecule has 0 aliphatic rings. The molecule has 4 nitrogen and oxygen atoms in total. The zero-order valence-electron chi connectivity index (χ0n) is 11.3. The minimum atomic E-state index is -0.524. The molecule has 1 atom stereocenters. The molecule has 0 aliphatic heterocycles. The van der Waals surface area contributed by atoms with E-state index in [4.69, 9.17) is 0 Å². The molecular weight excluding hydrogens is 238 g/mol. The lowest BCUT2D eigenvalue weighted by atomic mass is 10.2. The van der Waals surface area contributed by atoms with Crippen molar-refractivity contribution in [2.75, 3.05) is 11.4 Å². The largest absolute Gasteiger partial charge is 0.387 e. The van der Waals surface area contributed by atoms with E-state index in [0.717, 1.165) is 18.8 Å². The molecule has 0 bridgehead atoms. The van der Waals surface area contributed by atoms with Crippen molar-refractivity contribution < 1.29 is 5.11 Å². The van der Waals surface area contributed by atoms with Crippen LogP contribution in [-0.2, 0) is 6.54 Å². The van der Waals surface area contributed by atoms with E-state index in [1.807, 2.05) is 30.5 Å². The molecular formula is C15H19N3O. The van der Waals surface area contributed by atoms with E-state index in [0.29, 0.717) is 5.69 Å². The van der Waals surface area contributed by atoms with Gasteiger partial charge >= 0.3 is 0 Å². The predicted molar refractivity (Wildman–Crippen MR) is 75.8 cm³/mol. The summed E-state index contributed by atoms with van der Waals surface area (Å²) in [4.78, 5) is 10.5. The van der Waals surface area contributed by atoms with Gasteiger partial charge in [0.05, 0.1) is 23.7 Å². The highest BCUT2D eigenvalue weighted by Crippen LogP contribution is 2.18. The van der Waals surface area contributed by atoms with Gasteiger partial charge < -0.3 is 10.0 Å². The normalized spacial score (nSPS) is 12.2. The third-order valence-corrected chi connectivity index (χ3v) is 3.07. The highest BCUT2D eigenvalue weighted by Gasteiger charge is 2.07. The van der Waals surface area contributed by atoms with Crippen LogP contribution in [0.2, 0.25) is 0 Å². The molecule has 0 unspecified atom stereocenters. The fraction of sp³-hybridized carbons (Fsp3) is 0.333. The SMILES string of the molecule is CCN(Cc1ccncc1)c1ccc([C@@H](C)O)nc1. The monoisotopic (exact) mass is 257 g/mol. The Morgan fingerprint density at radius 2 is 1.95 bits per heavy atom. The van der Waals surface area contributed by atoms with Gasteiger partial charge in [-0.25, -0.2) is 0 Å². The van der Waals surface area contributed by atoms with Gasteiger partial charge in [-0.15, -0.1) is 0 Å². The highest BCUT2D eigenvalue weighted by molar-refractivity contribution is 5.45. The second-order valence-corrected chi connectivity index (χ2v) is 4.49. The highest BCUT2D eigenvalue weighted by atomic mass is 16.3. The molecule has 4 heteroatoms. The molecule has 2 rings (SSSR count). The second kappa shape index (κ2) is 6.29. The summed E-state index contributed by atoms with van der Waals surface area (Å²) in [5.74, 6) is 0. The van der Waals surface area contributed by atoms with Crippen molar-refractivity contribution in [1.82, 2.24) is 9.97 Å². The summed E-state index contributed by atoms with van der Waals surface area (Å²) in [6.07, 6.45) is 4.90. The van der Waals surface area contributed by atoms with Crippen LogP contribution in [0.4, 0.5) is 5.69 Å². The Morgan fingerprint density at radius 1 is 1.21 bits per heavy atom. The quantitative estimate of drug-likeness (QED) is 0.894. The summed E-state index contributed by atoms with van der Waals surface area (Å²) in [6.45, 7) is 5.56. The first-order chi connectivity index (χ1) is 9.20. The van der Waals surface area contributed by atoms with Crippen molar-refractivity contribution in [3.63, 3.8) is 0 Å². The van der Waals surface area contributed by atoms with Crippen LogP contribution in [0.15, 0.2) is 42.9 Å². The van der Waals surface area contributed by atoms with Crippen LogP contribution < -0.4 is 4.90 Å². The van der Waals surface area contributed by atoms with E-state index in [9.17, 15) is 5.11 Å². The van der Waals surface area contributed by atoms with E-state index < -0.39 is 6.10 Å². The number of hydrogen-bond acceptors (Lipinski definition) is 4. The van der Waals surface area contributed by atoms with Gasteiger partial charge in [-0.05, 0) is 43.7 Å². The van der Waals surface area contributed by atoms with Gasteiger partial charge in [0, 0.05) is 25.5 Å². The first-order valence-corrected chi connectivity index (χ1v) is 6.48. The molecule has 0 spiro atoms. The van der Waals surface area contributed by atoms with Gasteiger partial charge in [-0.2, -0.15) is 0 Å². The zero-order chi connectivity index (χ0) is 13.7. The topological polar surface area (TPSA) is 49.2 Å². The number of pyridine rings is 2. The average Bonchev–Trinajstić information content (AvgIpc) is 2.46. The van der Waals surface area contributed by atoms with E-state index in [2.05, 4.69) is 21.8 Å². The standard InChI is InChI=1S/C15H19N3O/c1-3-18(11-13-6-8-16-9-7-13)14-4-5-15(12(2)19)17-10-14/h4-10,12,19H,3,11H2,1-2H3/t12-/m1/s1. The van der Waals surface area contributed by atoms with Crippen LogP contribution >= 0.6 is 0 Å². The summed E-state index contributed by atoms with van der Waals surface area (Å²) in [6, 6.07) is 7.90. The maximum atomic E-state index is 9.46. The molecule has 1 N–H and O–H groups in total. The molecule has 100 valence electrons. The Labute approximate surface area is 113 Å². The second-order valence-electron chi connectivity index (χ2n) is 4.49. The predicted octanol–water partition coefficient (Wildman–Crippen LogP) is 2.56.